The van der Waals surface area contributed by atoms with E-state index in [-0.39, 0.29) is 0 Å². The fraction of sp³-hybridized carbons (Fsp3) is 0. The van der Waals surface area contributed by atoms with Crippen molar-refractivity contribution in [3.8, 4) is 0 Å². The summed E-state index contributed by atoms with van der Waals surface area (Å²) in [5.74, 6) is -0.509. The van der Waals surface area contributed by atoms with Gasteiger partial charge < -0.3 is 5.73 Å². The molecule has 13 heavy (non-hydrogen) atoms. The summed E-state index contributed by atoms with van der Waals surface area (Å²) in [4.78, 5) is 15.0. The van der Waals surface area contributed by atoms with Crippen molar-refractivity contribution in [3.63, 3.8) is 0 Å². The molecular formula is C7H5BrN4O. The lowest BCUT2D eigenvalue weighted by Crippen LogP contribution is -2.12. The number of fused-ring (bicyclic) bond motifs is 1. The van der Waals surface area contributed by atoms with Gasteiger partial charge in [0.25, 0.3) is 5.91 Å². The van der Waals surface area contributed by atoms with E-state index in [0.29, 0.717) is 15.9 Å². The van der Waals surface area contributed by atoms with Gasteiger partial charge in [-0.2, -0.15) is 0 Å². The van der Waals surface area contributed by atoms with Crippen LogP contribution >= 0.6 is 15.9 Å². The maximum Gasteiger partial charge on any atom is 0.252 e. The van der Waals surface area contributed by atoms with Gasteiger partial charge in [-0.1, -0.05) is 0 Å². The van der Waals surface area contributed by atoms with Crippen LogP contribution in [0.5, 0.6) is 0 Å². The van der Waals surface area contributed by atoms with Crippen LogP contribution in [0.3, 0.4) is 0 Å². The first-order chi connectivity index (χ1) is 6.18. The van der Waals surface area contributed by atoms with Crippen LogP contribution in [-0.4, -0.2) is 20.5 Å². The number of primary amides is 1. The second kappa shape index (κ2) is 2.81. The zero-order valence-electron chi connectivity index (χ0n) is 6.44. The van der Waals surface area contributed by atoms with E-state index in [2.05, 4.69) is 26.0 Å². The van der Waals surface area contributed by atoms with E-state index < -0.39 is 5.91 Å². The van der Waals surface area contributed by atoms with Gasteiger partial charge in [0.2, 0.25) is 4.73 Å². The molecule has 0 saturated heterocycles. The molecule has 2 rings (SSSR count). The Morgan fingerprint density at radius 3 is 3.08 bits per heavy atom. The third kappa shape index (κ3) is 1.29. The smallest absolute Gasteiger partial charge is 0.252 e. The number of pyridine rings is 1. The fourth-order valence-electron chi connectivity index (χ4n) is 1.07. The average molecular weight is 241 g/mol. The summed E-state index contributed by atoms with van der Waals surface area (Å²) in [5, 5.41) is 3.97. The van der Waals surface area contributed by atoms with Crippen molar-refractivity contribution in [1.29, 1.82) is 0 Å². The molecule has 0 aliphatic heterocycles. The van der Waals surface area contributed by atoms with Gasteiger partial charge in [-0.05, 0) is 28.1 Å². The van der Waals surface area contributed by atoms with Crippen LogP contribution in [0.4, 0.5) is 0 Å². The first-order valence-electron chi connectivity index (χ1n) is 3.49. The summed E-state index contributed by atoms with van der Waals surface area (Å²) in [5.41, 5.74) is 5.98. The highest BCUT2D eigenvalue weighted by atomic mass is 79.9. The Kier molecular flexibility index (Phi) is 1.77. The van der Waals surface area contributed by atoms with E-state index in [1.807, 2.05) is 0 Å². The number of hydrogen-bond acceptors (Lipinski definition) is 3. The van der Waals surface area contributed by atoms with E-state index in [9.17, 15) is 4.79 Å². The number of nitrogens with two attached hydrogens (primary N) is 1. The highest BCUT2D eigenvalue weighted by Crippen LogP contribution is 2.10. The Morgan fingerprint density at radius 1 is 1.62 bits per heavy atom. The van der Waals surface area contributed by atoms with Gasteiger partial charge >= 0.3 is 0 Å². The number of carbonyl (C=O) groups is 1. The molecular weight excluding hydrogens is 236 g/mol. The second-order valence-electron chi connectivity index (χ2n) is 2.44. The molecule has 0 spiro atoms. The minimum atomic E-state index is -0.509. The van der Waals surface area contributed by atoms with Crippen LogP contribution in [0.25, 0.3) is 5.65 Å². The Morgan fingerprint density at radius 2 is 2.38 bits per heavy atom. The van der Waals surface area contributed by atoms with Crippen molar-refractivity contribution >= 4 is 27.5 Å². The van der Waals surface area contributed by atoms with Crippen molar-refractivity contribution in [2.75, 3.05) is 0 Å². The summed E-state index contributed by atoms with van der Waals surface area (Å²) >= 11 is 3.11. The molecule has 0 bridgehead atoms. The number of amides is 1. The standard InChI is InChI=1S/C7H5BrN4O/c8-7-10-6-4(5(9)13)2-1-3-12(6)11-7/h1-3H,(H2,9,13). The predicted molar refractivity (Wildman–Crippen MR) is 49.2 cm³/mol. The van der Waals surface area contributed by atoms with Crippen molar-refractivity contribution in [1.82, 2.24) is 14.6 Å². The van der Waals surface area contributed by atoms with E-state index in [1.54, 1.807) is 18.3 Å². The third-order valence-corrected chi connectivity index (χ3v) is 1.94. The Balaban J connectivity index is 2.82. The van der Waals surface area contributed by atoms with Gasteiger partial charge in [-0.3, -0.25) is 4.79 Å². The van der Waals surface area contributed by atoms with Crippen molar-refractivity contribution in [3.05, 3.63) is 28.6 Å². The van der Waals surface area contributed by atoms with Gasteiger partial charge in [0.05, 0.1) is 5.56 Å². The Labute approximate surface area is 81.7 Å². The van der Waals surface area contributed by atoms with Crippen LogP contribution in [0.1, 0.15) is 10.4 Å². The normalized spacial score (nSPS) is 10.5. The van der Waals surface area contributed by atoms with Crippen LogP contribution in [0.15, 0.2) is 23.1 Å². The van der Waals surface area contributed by atoms with Crippen LogP contribution in [0.2, 0.25) is 0 Å². The molecule has 2 heterocycles. The lowest BCUT2D eigenvalue weighted by Gasteiger charge is -1.95. The number of hydrogen-bond donors (Lipinski definition) is 1. The lowest BCUT2D eigenvalue weighted by atomic mass is 10.2. The maximum atomic E-state index is 10.9. The highest BCUT2D eigenvalue weighted by Gasteiger charge is 2.09. The van der Waals surface area contributed by atoms with Crippen molar-refractivity contribution in [2.45, 2.75) is 0 Å². The molecule has 0 aliphatic rings. The number of nitrogens with zero attached hydrogens (tertiary/aromatic N) is 3. The predicted octanol–water partition coefficient (Wildman–Crippen LogP) is 0.591. The minimum Gasteiger partial charge on any atom is -0.365 e. The molecule has 2 aromatic rings. The fourth-order valence-corrected chi connectivity index (χ4v) is 1.41. The summed E-state index contributed by atoms with van der Waals surface area (Å²) in [6.45, 7) is 0. The first kappa shape index (κ1) is 8.18. The van der Waals surface area contributed by atoms with Crippen LogP contribution in [0, 0.1) is 0 Å². The summed E-state index contributed by atoms with van der Waals surface area (Å²) < 4.78 is 1.92. The lowest BCUT2D eigenvalue weighted by molar-refractivity contribution is 0.100. The summed E-state index contributed by atoms with van der Waals surface area (Å²) in [6, 6.07) is 3.30. The van der Waals surface area contributed by atoms with Gasteiger partial charge in [0.15, 0.2) is 5.65 Å². The molecule has 66 valence electrons. The highest BCUT2D eigenvalue weighted by molar-refractivity contribution is 9.10. The van der Waals surface area contributed by atoms with Crippen molar-refractivity contribution < 1.29 is 4.79 Å². The van der Waals surface area contributed by atoms with Gasteiger partial charge in [-0.25, -0.2) is 9.50 Å². The number of aromatic nitrogens is 3. The van der Waals surface area contributed by atoms with Gasteiger partial charge in [0, 0.05) is 6.20 Å². The molecule has 0 atom stereocenters. The van der Waals surface area contributed by atoms with E-state index >= 15 is 0 Å². The van der Waals surface area contributed by atoms with Crippen LogP contribution < -0.4 is 5.73 Å². The quantitative estimate of drug-likeness (QED) is 0.793. The largest absolute Gasteiger partial charge is 0.365 e. The number of rotatable bonds is 1. The third-order valence-electron chi connectivity index (χ3n) is 1.60. The molecule has 0 aliphatic carbocycles. The van der Waals surface area contributed by atoms with E-state index in [1.165, 1.54) is 4.52 Å². The number of carbonyl (C=O) groups excluding carboxylic acids is 1. The summed E-state index contributed by atoms with van der Waals surface area (Å²) in [6.07, 6.45) is 1.69. The molecule has 0 fully saturated rings. The second-order valence-corrected chi connectivity index (χ2v) is 3.14. The molecule has 1 amide bonds. The molecule has 6 heteroatoms. The van der Waals surface area contributed by atoms with Gasteiger partial charge in [0.1, 0.15) is 0 Å². The average Bonchev–Trinajstić information content (AvgIpc) is 2.43. The monoisotopic (exact) mass is 240 g/mol. The Hall–Kier alpha value is -1.43. The van der Waals surface area contributed by atoms with Gasteiger partial charge in [-0.15, -0.1) is 5.10 Å². The molecule has 0 aromatic carbocycles. The maximum absolute atomic E-state index is 10.9. The molecule has 2 N–H and O–H groups in total. The molecule has 0 radical (unpaired) electrons. The zero-order valence-corrected chi connectivity index (χ0v) is 8.02. The topological polar surface area (TPSA) is 73.3 Å². The minimum absolute atomic E-state index is 0.362. The zero-order chi connectivity index (χ0) is 9.42. The van der Waals surface area contributed by atoms with Crippen LogP contribution in [-0.2, 0) is 0 Å². The molecule has 0 saturated carbocycles. The SMILES string of the molecule is NC(=O)c1cccn2nc(Br)nc12. The Bertz CT molecular complexity index is 478. The summed E-state index contributed by atoms with van der Waals surface area (Å²) in [7, 11) is 0. The van der Waals surface area contributed by atoms with E-state index in [0.717, 1.165) is 0 Å². The van der Waals surface area contributed by atoms with E-state index in [4.69, 9.17) is 5.73 Å². The number of halogens is 1. The first-order valence-corrected chi connectivity index (χ1v) is 4.28. The van der Waals surface area contributed by atoms with Crippen molar-refractivity contribution in [2.24, 2.45) is 5.73 Å². The molecule has 2 aromatic heterocycles. The molecule has 0 unspecified atom stereocenters. The molecule has 5 nitrogen and oxygen atoms in total.